The smallest absolute Gasteiger partial charge is 0.158 e. The fourth-order valence-corrected chi connectivity index (χ4v) is 3.65. The van der Waals surface area contributed by atoms with Crippen LogP contribution in [0.4, 0.5) is 0 Å². The van der Waals surface area contributed by atoms with E-state index in [1.807, 2.05) is 12.1 Å². The molecule has 152 valence electrons. The van der Waals surface area contributed by atoms with Crippen LogP contribution < -0.4 is 10.1 Å². The predicted octanol–water partition coefficient (Wildman–Crippen LogP) is 3.07. The SMILES string of the molecule is CCN(CCCC(=O)COC1CCNCC1)C(C)Cc1ccc(OC)cc1. The van der Waals surface area contributed by atoms with Crippen LogP contribution in [-0.2, 0) is 16.0 Å². The molecule has 1 aliphatic heterocycles. The summed E-state index contributed by atoms with van der Waals surface area (Å²) in [6.07, 6.45) is 4.79. The Morgan fingerprint density at radius 1 is 1.26 bits per heavy atom. The number of carbonyl (C=O) groups excluding carboxylic acids is 1. The minimum atomic E-state index is 0.229. The molecule has 1 fully saturated rings. The second kappa shape index (κ2) is 12.1. The molecule has 1 aromatic rings. The van der Waals surface area contributed by atoms with Gasteiger partial charge < -0.3 is 19.7 Å². The zero-order chi connectivity index (χ0) is 19.5. The van der Waals surface area contributed by atoms with Gasteiger partial charge >= 0.3 is 0 Å². The monoisotopic (exact) mass is 376 g/mol. The number of hydrogen-bond acceptors (Lipinski definition) is 5. The lowest BCUT2D eigenvalue weighted by molar-refractivity contribution is -0.126. The van der Waals surface area contributed by atoms with E-state index in [9.17, 15) is 4.79 Å². The number of ether oxygens (including phenoxy) is 2. The van der Waals surface area contributed by atoms with Gasteiger partial charge in [-0.3, -0.25) is 4.79 Å². The molecule has 1 atom stereocenters. The normalized spacial score (nSPS) is 16.4. The number of Topliss-reactive ketones (excluding diaryl/α,β-unsaturated/α-hetero) is 1. The molecule has 5 nitrogen and oxygen atoms in total. The Kier molecular flexibility index (Phi) is 9.81. The fourth-order valence-electron chi connectivity index (χ4n) is 3.65. The zero-order valence-corrected chi connectivity index (χ0v) is 17.2. The minimum Gasteiger partial charge on any atom is -0.497 e. The molecule has 0 aliphatic carbocycles. The van der Waals surface area contributed by atoms with Crippen LogP contribution in [0.3, 0.4) is 0 Å². The number of hydrogen-bond donors (Lipinski definition) is 1. The Balaban J connectivity index is 1.66. The lowest BCUT2D eigenvalue weighted by Crippen LogP contribution is -2.36. The summed E-state index contributed by atoms with van der Waals surface area (Å²) in [6.45, 7) is 8.66. The highest BCUT2D eigenvalue weighted by atomic mass is 16.5. The average molecular weight is 377 g/mol. The van der Waals surface area contributed by atoms with Crippen LogP contribution >= 0.6 is 0 Å². The van der Waals surface area contributed by atoms with Gasteiger partial charge in [-0.1, -0.05) is 19.1 Å². The first-order chi connectivity index (χ1) is 13.1. The first-order valence-electron chi connectivity index (χ1n) is 10.3. The Morgan fingerprint density at radius 2 is 1.96 bits per heavy atom. The fraction of sp³-hybridized carbons (Fsp3) is 0.682. The highest BCUT2D eigenvalue weighted by Gasteiger charge is 2.16. The Hall–Kier alpha value is -1.43. The van der Waals surface area contributed by atoms with E-state index in [1.54, 1.807) is 7.11 Å². The topological polar surface area (TPSA) is 50.8 Å². The van der Waals surface area contributed by atoms with Gasteiger partial charge in [0.15, 0.2) is 5.78 Å². The van der Waals surface area contributed by atoms with E-state index in [0.29, 0.717) is 12.5 Å². The number of carbonyl (C=O) groups is 1. The van der Waals surface area contributed by atoms with E-state index >= 15 is 0 Å². The van der Waals surface area contributed by atoms with Gasteiger partial charge in [-0.25, -0.2) is 0 Å². The maximum Gasteiger partial charge on any atom is 0.158 e. The van der Waals surface area contributed by atoms with Crippen LogP contribution in [0, 0.1) is 0 Å². The molecule has 1 unspecified atom stereocenters. The zero-order valence-electron chi connectivity index (χ0n) is 17.2. The maximum absolute atomic E-state index is 12.1. The summed E-state index contributed by atoms with van der Waals surface area (Å²) in [5, 5.41) is 3.31. The molecular weight excluding hydrogens is 340 g/mol. The summed E-state index contributed by atoms with van der Waals surface area (Å²) < 4.78 is 11.0. The third-order valence-corrected chi connectivity index (χ3v) is 5.39. The van der Waals surface area contributed by atoms with Crippen molar-refractivity contribution in [1.82, 2.24) is 10.2 Å². The lowest BCUT2D eigenvalue weighted by atomic mass is 10.1. The average Bonchev–Trinajstić information content (AvgIpc) is 2.71. The van der Waals surface area contributed by atoms with Gasteiger partial charge in [-0.15, -0.1) is 0 Å². The van der Waals surface area contributed by atoms with Crippen LogP contribution in [0.1, 0.15) is 45.1 Å². The molecule has 0 amide bonds. The van der Waals surface area contributed by atoms with Crippen LogP contribution in [0.5, 0.6) is 5.75 Å². The van der Waals surface area contributed by atoms with Crippen molar-refractivity contribution in [3.8, 4) is 5.75 Å². The number of likely N-dealkylation sites (N-methyl/N-ethyl adjacent to an activating group) is 1. The molecule has 1 aromatic carbocycles. The first kappa shape index (κ1) is 21.9. The molecule has 0 bridgehead atoms. The number of ketones is 1. The quantitative estimate of drug-likeness (QED) is 0.608. The molecule has 2 rings (SSSR count). The second-order valence-corrected chi connectivity index (χ2v) is 7.43. The summed E-state index contributed by atoms with van der Waals surface area (Å²) in [5.74, 6) is 1.12. The molecule has 1 aliphatic rings. The molecule has 1 saturated heterocycles. The van der Waals surface area contributed by atoms with Crippen molar-refractivity contribution in [1.29, 1.82) is 0 Å². The molecular formula is C22H36N2O3. The van der Waals surface area contributed by atoms with Gasteiger partial charge in [0.25, 0.3) is 0 Å². The van der Waals surface area contributed by atoms with E-state index in [2.05, 4.69) is 36.2 Å². The number of nitrogens with one attached hydrogen (secondary N) is 1. The molecule has 0 saturated carbocycles. The molecule has 1 heterocycles. The largest absolute Gasteiger partial charge is 0.497 e. The summed E-state index contributed by atoms with van der Waals surface area (Å²) in [7, 11) is 1.69. The number of benzene rings is 1. The molecule has 0 aromatic heterocycles. The number of methoxy groups -OCH3 is 1. The van der Waals surface area contributed by atoms with E-state index in [0.717, 1.165) is 57.6 Å². The summed E-state index contributed by atoms with van der Waals surface area (Å²) in [6, 6.07) is 8.73. The second-order valence-electron chi connectivity index (χ2n) is 7.43. The van der Waals surface area contributed by atoms with Gasteiger partial charge in [0.2, 0.25) is 0 Å². The van der Waals surface area contributed by atoms with Gasteiger partial charge in [-0.05, 0) is 76.5 Å². The molecule has 0 radical (unpaired) electrons. The van der Waals surface area contributed by atoms with Gasteiger partial charge in [0.1, 0.15) is 12.4 Å². The van der Waals surface area contributed by atoms with Crippen molar-refractivity contribution in [3.63, 3.8) is 0 Å². The summed E-state index contributed by atoms with van der Waals surface area (Å²) >= 11 is 0. The molecule has 5 heteroatoms. The van der Waals surface area contributed by atoms with Crippen molar-refractivity contribution >= 4 is 5.78 Å². The standard InChI is InChI=1S/C22H36N2O3/c1-4-24(18(2)16-19-7-9-21(26-3)10-8-19)15-5-6-20(25)17-27-22-11-13-23-14-12-22/h7-10,18,22-23H,4-6,11-17H2,1-3H3. The van der Waals surface area contributed by atoms with E-state index in [-0.39, 0.29) is 18.5 Å². The van der Waals surface area contributed by atoms with Crippen molar-refractivity contribution in [2.45, 2.75) is 58.1 Å². The van der Waals surface area contributed by atoms with E-state index < -0.39 is 0 Å². The highest BCUT2D eigenvalue weighted by Crippen LogP contribution is 2.15. The van der Waals surface area contributed by atoms with Crippen molar-refractivity contribution in [2.75, 3.05) is 39.9 Å². The number of nitrogens with zero attached hydrogens (tertiary/aromatic N) is 1. The van der Waals surface area contributed by atoms with Crippen LogP contribution in [0.25, 0.3) is 0 Å². The number of piperidine rings is 1. The summed E-state index contributed by atoms with van der Waals surface area (Å²) in [5.41, 5.74) is 1.31. The Labute approximate surface area is 164 Å². The third-order valence-electron chi connectivity index (χ3n) is 5.39. The Bertz CT molecular complexity index is 541. The van der Waals surface area contributed by atoms with Crippen molar-refractivity contribution in [2.24, 2.45) is 0 Å². The highest BCUT2D eigenvalue weighted by molar-refractivity contribution is 5.79. The maximum atomic E-state index is 12.1. The van der Waals surface area contributed by atoms with Gasteiger partial charge in [0, 0.05) is 12.5 Å². The minimum absolute atomic E-state index is 0.229. The van der Waals surface area contributed by atoms with Gasteiger partial charge in [0.05, 0.1) is 13.2 Å². The van der Waals surface area contributed by atoms with E-state index in [4.69, 9.17) is 9.47 Å². The third kappa shape index (κ3) is 7.99. The first-order valence-corrected chi connectivity index (χ1v) is 10.3. The Morgan fingerprint density at radius 3 is 2.59 bits per heavy atom. The van der Waals surface area contributed by atoms with Crippen LogP contribution in [-0.4, -0.2) is 62.7 Å². The summed E-state index contributed by atoms with van der Waals surface area (Å²) in [4.78, 5) is 14.6. The molecule has 27 heavy (non-hydrogen) atoms. The molecule has 1 N–H and O–H groups in total. The van der Waals surface area contributed by atoms with Crippen molar-refractivity contribution < 1.29 is 14.3 Å². The lowest BCUT2D eigenvalue weighted by Gasteiger charge is -2.28. The van der Waals surface area contributed by atoms with Crippen molar-refractivity contribution in [3.05, 3.63) is 29.8 Å². The number of rotatable bonds is 12. The van der Waals surface area contributed by atoms with Gasteiger partial charge in [-0.2, -0.15) is 0 Å². The van der Waals surface area contributed by atoms with E-state index in [1.165, 1.54) is 5.56 Å². The van der Waals surface area contributed by atoms with Crippen LogP contribution in [0.15, 0.2) is 24.3 Å². The van der Waals surface area contributed by atoms with Crippen LogP contribution in [0.2, 0.25) is 0 Å². The molecule has 0 spiro atoms. The predicted molar refractivity (Wildman–Crippen MR) is 109 cm³/mol.